The van der Waals surface area contributed by atoms with Crippen LogP contribution in [0.15, 0.2) is 47.5 Å². The Bertz CT molecular complexity index is 1240. The molecule has 1 saturated heterocycles. The summed E-state index contributed by atoms with van der Waals surface area (Å²) in [7, 11) is 0. The zero-order chi connectivity index (χ0) is 22.2. The Morgan fingerprint density at radius 3 is 2.91 bits per heavy atom. The van der Waals surface area contributed by atoms with Crippen LogP contribution in [0, 0.1) is 5.82 Å². The van der Waals surface area contributed by atoms with Crippen molar-refractivity contribution in [2.24, 2.45) is 0 Å². The molecule has 0 radical (unpaired) electrons. The molecule has 4 heterocycles. The van der Waals surface area contributed by atoms with Crippen LogP contribution in [0.4, 0.5) is 10.2 Å². The number of pyridine rings is 1. The third-order valence-corrected chi connectivity index (χ3v) is 6.23. The number of anilines is 1. The zero-order valence-electron chi connectivity index (χ0n) is 17.5. The molecule has 4 aromatic rings. The van der Waals surface area contributed by atoms with Gasteiger partial charge in [0.25, 0.3) is 0 Å². The van der Waals surface area contributed by atoms with Crippen molar-refractivity contribution in [3.05, 3.63) is 59.5 Å². The molecule has 0 saturated carbocycles. The largest absolute Gasteiger partial charge is 0.478 e. The second-order valence-electron chi connectivity index (χ2n) is 7.95. The number of furan rings is 1. The number of piperidine rings is 1. The minimum Gasteiger partial charge on any atom is -0.478 e. The molecule has 3 N–H and O–H groups in total. The molecule has 32 heavy (non-hydrogen) atoms. The summed E-state index contributed by atoms with van der Waals surface area (Å²) < 4.78 is 28.2. The molecule has 1 atom stereocenters. The van der Waals surface area contributed by atoms with Gasteiger partial charge in [-0.2, -0.15) is 5.10 Å². The van der Waals surface area contributed by atoms with E-state index in [4.69, 9.17) is 26.5 Å². The van der Waals surface area contributed by atoms with Gasteiger partial charge in [-0.05, 0) is 45.0 Å². The van der Waals surface area contributed by atoms with Crippen molar-refractivity contribution >= 4 is 28.4 Å². The molecule has 7 nitrogen and oxygen atoms in total. The average molecular weight is 456 g/mol. The molecule has 0 bridgehead atoms. The molecule has 1 fully saturated rings. The van der Waals surface area contributed by atoms with Crippen LogP contribution in [0.3, 0.4) is 0 Å². The van der Waals surface area contributed by atoms with Gasteiger partial charge in [-0.3, -0.25) is 4.68 Å². The third kappa shape index (κ3) is 3.69. The van der Waals surface area contributed by atoms with Crippen LogP contribution in [0.25, 0.3) is 22.1 Å². The van der Waals surface area contributed by atoms with E-state index in [1.54, 1.807) is 31.5 Å². The standard InChI is InChI=1S/C23H23ClFN5O2/c1-13(20-18(24)3-2-4-19(20)25)32-22-21-16(10-28-23(22)26)17(12-31-21)14-9-29-30(11-14)15-5-7-27-8-6-15/h2-4,9-13,15,27H,5-8H2,1H3,(H2,26,28). The average Bonchev–Trinajstić information content (AvgIpc) is 3.43. The van der Waals surface area contributed by atoms with E-state index < -0.39 is 11.9 Å². The van der Waals surface area contributed by atoms with Gasteiger partial charge in [0.05, 0.1) is 22.6 Å². The summed E-state index contributed by atoms with van der Waals surface area (Å²) in [5.41, 5.74) is 8.55. The van der Waals surface area contributed by atoms with Crippen molar-refractivity contribution in [3.63, 3.8) is 0 Å². The van der Waals surface area contributed by atoms with Gasteiger partial charge in [0.1, 0.15) is 18.2 Å². The molecular formula is C23H23ClFN5O2. The number of nitrogens with zero attached hydrogens (tertiary/aromatic N) is 3. The first-order valence-electron chi connectivity index (χ1n) is 10.5. The second kappa shape index (κ2) is 8.44. The SMILES string of the molecule is CC(Oc1c(N)ncc2c(-c3cnn(C4CCNCC4)c3)coc12)c1c(F)cccc1Cl. The summed E-state index contributed by atoms with van der Waals surface area (Å²) in [6.45, 7) is 3.68. The Balaban J connectivity index is 1.49. The van der Waals surface area contributed by atoms with E-state index in [1.807, 2.05) is 17.1 Å². The molecule has 0 aliphatic carbocycles. The van der Waals surface area contributed by atoms with Crippen molar-refractivity contribution in [1.82, 2.24) is 20.1 Å². The summed E-state index contributed by atoms with van der Waals surface area (Å²) in [5.74, 6) is -0.0383. The first-order valence-corrected chi connectivity index (χ1v) is 10.9. The van der Waals surface area contributed by atoms with Crippen LogP contribution in [0.1, 0.15) is 37.5 Å². The number of fused-ring (bicyclic) bond motifs is 1. The van der Waals surface area contributed by atoms with Crippen LogP contribution in [-0.2, 0) is 0 Å². The van der Waals surface area contributed by atoms with E-state index in [2.05, 4.69) is 15.4 Å². The number of hydrogen-bond acceptors (Lipinski definition) is 6. The summed E-state index contributed by atoms with van der Waals surface area (Å²) in [6, 6.07) is 4.89. The molecule has 0 amide bonds. The highest BCUT2D eigenvalue weighted by Crippen LogP contribution is 2.40. The highest BCUT2D eigenvalue weighted by Gasteiger charge is 2.23. The summed E-state index contributed by atoms with van der Waals surface area (Å²) in [5, 5.41) is 8.95. The number of aromatic nitrogens is 3. The molecule has 1 aliphatic rings. The van der Waals surface area contributed by atoms with E-state index in [0.717, 1.165) is 42.4 Å². The molecule has 3 aromatic heterocycles. The predicted molar refractivity (Wildman–Crippen MR) is 121 cm³/mol. The summed E-state index contributed by atoms with van der Waals surface area (Å²) in [4.78, 5) is 4.28. The Morgan fingerprint density at radius 2 is 2.12 bits per heavy atom. The quantitative estimate of drug-likeness (QED) is 0.433. The normalized spacial score (nSPS) is 15.8. The van der Waals surface area contributed by atoms with Crippen LogP contribution < -0.4 is 15.8 Å². The maximum atomic E-state index is 14.4. The van der Waals surface area contributed by atoms with Crippen LogP contribution in [-0.4, -0.2) is 27.9 Å². The lowest BCUT2D eigenvalue weighted by atomic mass is 10.1. The van der Waals surface area contributed by atoms with Gasteiger partial charge in [0.15, 0.2) is 11.4 Å². The zero-order valence-corrected chi connectivity index (χ0v) is 18.3. The second-order valence-corrected chi connectivity index (χ2v) is 8.36. The number of halogens is 2. The Kier molecular flexibility index (Phi) is 5.48. The monoisotopic (exact) mass is 455 g/mol. The van der Waals surface area contributed by atoms with Gasteiger partial charge >= 0.3 is 0 Å². The lowest BCUT2D eigenvalue weighted by molar-refractivity contribution is 0.222. The van der Waals surface area contributed by atoms with E-state index in [-0.39, 0.29) is 22.2 Å². The Morgan fingerprint density at radius 1 is 1.31 bits per heavy atom. The molecule has 1 unspecified atom stereocenters. The highest BCUT2D eigenvalue weighted by molar-refractivity contribution is 6.31. The number of nitrogens with one attached hydrogen (secondary N) is 1. The molecule has 1 aliphatic heterocycles. The van der Waals surface area contributed by atoms with Crippen molar-refractivity contribution in [1.29, 1.82) is 0 Å². The van der Waals surface area contributed by atoms with Gasteiger partial charge in [-0.1, -0.05) is 17.7 Å². The van der Waals surface area contributed by atoms with Crippen molar-refractivity contribution < 1.29 is 13.5 Å². The molecule has 0 spiro atoms. The van der Waals surface area contributed by atoms with Gasteiger partial charge in [-0.15, -0.1) is 0 Å². The van der Waals surface area contributed by atoms with Gasteiger partial charge in [-0.25, -0.2) is 9.37 Å². The van der Waals surface area contributed by atoms with Crippen molar-refractivity contribution in [3.8, 4) is 16.9 Å². The topological polar surface area (TPSA) is 91.1 Å². The lowest BCUT2D eigenvalue weighted by Crippen LogP contribution is -2.29. The number of nitrogens with two attached hydrogens (primary N) is 1. The smallest absolute Gasteiger partial charge is 0.205 e. The minimum absolute atomic E-state index is 0.156. The number of nitrogen functional groups attached to an aromatic ring is 1. The fraction of sp³-hybridized carbons (Fsp3) is 0.304. The fourth-order valence-corrected chi connectivity index (χ4v) is 4.52. The van der Waals surface area contributed by atoms with Crippen LogP contribution >= 0.6 is 11.6 Å². The molecule has 5 rings (SSSR count). The highest BCUT2D eigenvalue weighted by atomic mass is 35.5. The van der Waals surface area contributed by atoms with Crippen molar-refractivity contribution in [2.45, 2.75) is 31.9 Å². The molecule has 166 valence electrons. The molecule has 1 aromatic carbocycles. The maximum absolute atomic E-state index is 14.4. The maximum Gasteiger partial charge on any atom is 0.205 e. The van der Waals surface area contributed by atoms with Gasteiger partial charge in [0, 0.05) is 29.1 Å². The minimum atomic E-state index is -0.699. The first-order chi connectivity index (χ1) is 15.5. The van der Waals surface area contributed by atoms with E-state index in [1.165, 1.54) is 6.07 Å². The number of benzene rings is 1. The first kappa shape index (κ1) is 20.8. The molecular weight excluding hydrogens is 433 g/mol. The predicted octanol–water partition coefficient (Wildman–Crippen LogP) is 5.13. The van der Waals surface area contributed by atoms with Crippen LogP contribution in [0.2, 0.25) is 5.02 Å². The Labute approximate surface area is 189 Å². The Hall–Kier alpha value is -3.10. The number of rotatable bonds is 5. The number of hydrogen-bond donors (Lipinski definition) is 2. The summed E-state index contributed by atoms with van der Waals surface area (Å²) in [6.07, 6.45) is 8.53. The number of ether oxygens (including phenoxy) is 1. The van der Waals surface area contributed by atoms with E-state index in [9.17, 15) is 4.39 Å². The summed E-state index contributed by atoms with van der Waals surface area (Å²) >= 11 is 6.20. The van der Waals surface area contributed by atoms with E-state index >= 15 is 0 Å². The third-order valence-electron chi connectivity index (χ3n) is 5.90. The van der Waals surface area contributed by atoms with Gasteiger partial charge < -0.3 is 20.2 Å². The fourth-order valence-electron chi connectivity index (χ4n) is 4.20. The molecule has 9 heteroatoms. The van der Waals surface area contributed by atoms with Gasteiger partial charge in [0.2, 0.25) is 5.75 Å². The van der Waals surface area contributed by atoms with E-state index in [0.29, 0.717) is 11.6 Å². The van der Waals surface area contributed by atoms with Crippen molar-refractivity contribution in [2.75, 3.05) is 18.8 Å². The lowest BCUT2D eigenvalue weighted by Gasteiger charge is -2.22. The van der Waals surface area contributed by atoms with Crippen LogP contribution in [0.5, 0.6) is 5.75 Å².